The lowest BCUT2D eigenvalue weighted by molar-refractivity contribution is 0.0940. The number of aromatic nitrogens is 1. The van der Waals surface area contributed by atoms with E-state index >= 15 is 0 Å². The first-order chi connectivity index (χ1) is 10.1. The van der Waals surface area contributed by atoms with Gasteiger partial charge < -0.3 is 5.32 Å². The molecule has 1 N–H and O–H groups in total. The second-order valence-electron chi connectivity index (χ2n) is 4.78. The summed E-state index contributed by atoms with van der Waals surface area (Å²) in [5.74, 6) is -0.435. The van der Waals surface area contributed by atoms with E-state index in [0.717, 1.165) is 15.8 Å². The van der Waals surface area contributed by atoms with Gasteiger partial charge in [-0.2, -0.15) is 0 Å². The van der Waals surface area contributed by atoms with Gasteiger partial charge in [0.1, 0.15) is 5.82 Å². The van der Waals surface area contributed by atoms with Gasteiger partial charge in [0, 0.05) is 5.56 Å². The molecular formula is C16H13FN2OS. The van der Waals surface area contributed by atoms with Crippen molar-refractivity contribution in [2.75, 3.05) is 0 Å². The molecule has 1 heterocycles. The Hall–Kier alpha value is -2.27. The van der Waals surface area contributed by atoms with Crippen LogP contribution in [0.4, 0.5) is 4.39 Å². The van der Waals surface area contributed by atoms with E-state index in [4.69, 9.17) is 0 Å². The van der Waals surface area contributed by atoms with Crippen LogP contribution in [0.25, 0.3) is 10.2 Å². The molecule has 1 aromatic heterocycles. The van der Waals surface area contributed by atoms with Crippen LogP contribution in [-0.4, -0.2) is 10.9 Å². The smallest absolute Gasteiger partial charge is 0.251 e. The zero-order valence-electron chi connectivity index (χ0n) is 11.3. The minimum Gasteiger partial charge on any atom is -0.346 e. The van der Waals surface area contributed by atoms with Crippen molar-refractivity contribution in [3.63, 3.8) is 0 Å². The fraction of sp³-hybridized carbons (Fsp3) is 0.125. The third kappa shape index (κ3) is 2.92. The van der Waals surface area contributed by atoms with Gasteiger partial charge in [-0.25, -0.2) is 9.37 Å². The van der Waals surface area contributed by atoms with E-state index in [-0.39, 0.29) is 17.8 Å². The number of fused-ring (bicyclic) bond motifs is 1. The molecular weight excluding hydrogens is 287 g/mol. The summed E-state index contributed by atoms with van der Waals surface area (Å²) in [7, 11) is 0. The number of nitrogens with zero attached hydrogens (tertiary/aromatic N) is 1. The first-order valence-corrected chi connectivity index (χ1v) is 7.41. The molecule has 0 radical (unpaired) electrons. The lowest BCUT2D eigenvalue weighted by atomic mass is 10.1. The van der Waals surface area contributed by atoms with Crippen LogP contribution in [0.2, 0.25) is 0 Å². The van der Waals surface area contributed by atoms with Gasteiger partial charge >= 0.3 is 0 Å². The number of benzene rings is 2. The van der Waals surface area contributed by atoms with Crippen LogP contribution in [0.3, 0.4) is 0 Å². The van der Waals surface area contributed by atoms with Crippen molar-refractivity contribution < 1.29 is 9.18 Å². The van der Waals surface area contributed by atoms with Gasteiger partial charge in [-0.15, -0.1) is 11.3 Å². The summed E-state index contributed by atoms with van der Waals surface area (Å²) in [6.07, 6.45) is 0. The maximum Gasteiger partial charge on any atom is 0.251 e. The number of nitrogens with one attached hydrogen (secondary N) is 1. The van der Waals surface area contributed by atoms with E-state index < -0.39 is 0 Å². The van der Waals surface area contributed by atoms with E-state index in [2.05, 4.69) is 10.3 Å². The summed E-state index contributed by atoms with van der Waals surface area (Å²) >= 11 is 1.50. The summed E-state index contributed by atoms with van der Waals surface area (Å²) in [6.45, 7) is 1.87. The second-order valence-corrected chi connectivity index (χ2v) is 5.67. The molecule has 0 fully saturated rings. The number of hydrogen-bond donors (Lipinski definition) is 1. The van der Waals surface area contributed by atoms with Gasteiger partial charge in [0.25, 0.3) is 5.91 Å². The number of halogens is 1. The molecule has 0 aliphatic rings. The number of hydrogen-bond acceptors (Lipinski definition) is 3. The van der Waals surface area contributed by atoms with Crippen molar-refractivity contribution in [1.82, 2.24) is 10.3 Å². The van der Waals surface area contributed by atoms with E-state index in [1.807, 2.05) is 19.1 Å². The quantitative estimate of drug-likeness (QED) is 0.796. The summed E-state index contributed by atoms with van der Waals surface area (Å²) in [6, 6.07) is 11.4. The molecule has 1 atom stereocenters. The van der Waals surface area contributed by atoms with Crippen LogP contribution in [0, 0.1) is 5.82 Å². The summed E-state index contributed by atoms with van der Waals surface area (Å²) < 4.78 is 13.9. The molecule has 0 bridgehead atoms. The largest absolute Gasteiger partial charge is 0.346 e. The molecule has 0 unspecified atom stereocenters. The van der Waals surface area contributed by atoms with E-state index in [0.29, 0.717) is 5.56 Å². The lowest BCUT2D eigenvalue weighted by Gasteiger charge is -2.14. The maximum absolute atomic E-state index is 12.9. The highest BCUT2D eigenvalue weighted by Gasteiger charge is 2.12. The Kier molecular flexibility index (Phi) is 3.66. The molecule has 5 heteroatoms. The number of carbonyl (C=O) groups is 1. The van der Waals surface area contributed by atoms with Crippen molar-refractivity contribution in [3.8, 4) is 0 Å². The molecule has 21 heavy (non-hydrogen) atoms. The summed E-state index contributed by atoms with van der Waals surface area (Å²) in [5.41, 5.74) is 4.11. The second kappa shape index (κ2) is 5.61. The normalized spacial score (nSPS) is 12.3. The van der Waals surface area contributed by atoms with Gasteiger partial charge in [-0.05, 0) is 42.8 Å². The van der Waals surface area contributed by atoms with Crippen LogP contribution in [-0.2, 0) is 0 Å². The Labute approximate surface area is 125 Å². The molecule has 3 rings (SSSR count). The van der Waals surface area contributed by atoms with Crippen LogP contribution in [0.5, 0.6) is 0 Å². The van der Waals surface area contributed by atoms with Crippen molar-refractivity contribution in [2.24, 2.45) is 0 Å². The number of thiazole rings is 1. The van der Waals surface area contributed by atoms with Crippen LogP contribution in [0.1, 0.15) is 28.9 Å². The van der Waals surface area contributed by atoms with Crippen LogP contribution < -0.4 is 5.32 Å². The SMILES string of the molecule is C[C@H](NC(=O)c1ccc2ncsc2c1)c1ccc(F)cc1. The minimum atomic E-state index is -0.284. The first-order valence-electron chi connectivity index (χ1n) is 6.53. The molecule has 0 aliphatic heterocycles. The van der Waals surface area contributed by atoms with Gasteiger partial charge in [-0.3, -0.25) is 4.79 Å². The Bertz CT molecular complexity index is 782. The Morgan fingerprint density at radius 1 is 1.24 bits per heavy atom. The van der Waals surface area contributed by atoms with Crippen molar-refractivity contribution in [1.29, 1.82) is 0 Å². The highest BCUT2D eigenvalue weighted by Crippen LogP contribution is 2.20. The number of amides is 1. The molecule has 1 amide bonds. The van der Waals surface area contributed by atoms with Gasteiger partial charge in [0.2, 0.25) is 0 Å². The molecule has 0 spiro atoms. The topological polar surface area (TPSA) is 42.0 Å². The summed E-state index contributed by atoms with van der Waals surface area (Å²) in [5, 5.41) is 2.91. The van der Waals surface area contributed by atoms with E-state index in [1.165, 1.54) is 23.5 Å². The van der Waals surface area contributed by atoms with E-state index in [9.17, 15) is 9.18 Å². The van der Waals surface area contributed by atoms with Crippen LogP contribution >= 0.6 is 11.3 Å². The molecule has 0 saturated heterocycles. The zero-order valence-corrected chi connectivity index (χ0v) is 12.2. The average Bonchev–Trinajstić information content (AvgIpc) is 2.95. The first kappa shape index (κ1) is 13.7. The summed E-state index contributed by atoms with van der Waals surface area (Å²) in [4.78, 5) is 16.4. The third-order valence-corrected chi connectivity index (χ3v) is 4.10. The van der Waals surface area contributed by atoms with Crippen molar-refractivity contribution in [3.05, 3.63) is 64.9 Å². The maximum atomic E-state index is 12.9. The Morgan fingerprint density at radius 2 is 2.00 bits per heavy atom. The predicted molar refractivity (Wildman–Crippen MR) is 81.9 cm³/mol. The highest BCUT2D eigenvalue weighted by molar-refractivity contribution is 7.16. The molecule has 0 saturated carbocycles. The average molecular weight is 300 g/mol. The van der Waals surface area contributed by atoms with Crippen molar-refractivity contribution >= 4 is 27.5 Å². The third-order valence-electron chi connectivity index (χ3n) is 3.31. The zero-order chi connectivity index (χ0) is 14.8. The number of carbonyl (C=O) groups excluding carboxylic acids is 1. The molecule has 0 aliphatic carbocycles. The highest BCUT2D eigenvalue weighted by atomic mass is 32.1. The van der Waals surface area contributed by atoms with Gasteiger partial charge in [0.15, 0.2) is 0 Å². The Balaban J connectivity index is 1.77. The fourth-order valence-corrected chi connectivity index (χ4v) is 2.83. The molecule has 106 valence electrons. The van der Waals surface area contributed by atoms with Gasteiger partial charge in [-0.1, -0.05) is 12.1 Å². The van der Waals surface area contributed by atoms with Gasteiger partial charge in [0.05, 0.1) is 21.8 Å². The van der Waals surface area contributed by atoms with Crippen LogP contribution in [0.15, 0.2) is 48.0 Å². The Morgan fingerprint density at radius 3 is 2.76 bits per heavy atom. The predicted octanol–water partition coefficient (Wildman–Crippen LogP) is 3.93. The minimum absolute atomic E-state index is 0.151. The molecule has 3 nitrogen and oxygen atoms in total. The van der Waals surface area contributed by atoms with E-state index in [1.54, 1.807) is 23.7 Å². The number of rotatable bonds is 3. The lowest BCUT2D eigenvalue weighted by Crippen LogP contribution is -2.26. The fourth-order valence-electron chi connectivity index (χ4n) is 2.11. The van der Waals surface area contributed by atoms with Crippen molar-refractivity contribution in [2.45, 2.75) is 13.0 Å². The molecule has 3 aromatic rings. The molecule has 2 aromatic carbocycles. The standard InChI is InChI=1S/C16H13FN2OS/c1-10(11-2-5-13(17)6-3-11)19-16(20)12-4-7-14-15(8-12)21-9-18-14/h2-10H,1H3,(H,19,20)/t10-/m0/s1. The monoisotopic (exact) mass is 300 g/mol.